The van der Waals surface area contributed by atoms with Crippen LogP contribution in [0.15, 0.2) is 18.2 Å². The highest BCUT2D eigenvalue weighted by Crippen LogP contribution is 2.40. The molecule has 1 aromatic rings. The Morgan fingerprint density at radius 3 is 2.79 bits per heavy atom. The molecule has 0 heterocycles. The average molecular weight is 266 g/mol. The van der Waals surface area contributed by atoms with Crippen molar-refractivity contribution in [1.82, 2.24) is 5.43 Å². The lowest BCUT2D eigenvalue weighted by Crippen LogP contribution is -2.33. The van der Waals surface area contributed by atoms with Crippen molar-refractivity contribution < 1.29 is 9.13 Å². The lowest BCUT2D eigenvalue weighted by Gasteiger charge is -2.24. The Labute approximate surface area is 114 Å². The van der Waals surface area contributed by atoms with Gasteiger partial charge in [0.15, 0.2) is 0 Å². The number of ether oxygens (including phenoxy) is 1. The van der Waals surface area contributed by atoms with E-state index in [0.717, 1.165) is 18.8 Å². The number of hydrogen-bond donors (Lipinski definition) is 2. The Morgan fingerprint density at radius 2 is 2.26 bits per heavy atom. The number of rotatable bonds is 5. The summed E-state index contributed by atoms with van der Waals surface area (Å²) in [4.78, 5) is 0. The molecular weight excluding hydrogens is 243 g/mol. The van der Waals surface area contributed by atoms with Gasteiger partial charge < -0.3 is 4.74 Å². The molecule has 1 fully saturated rings. The van der Waals surface area contributed by atoms with Gasteiger partial charge in [-0.3, -0.25) is 11.3 Å². The van der Waals surface area contributed by atoms with Crippen molar-refractivity contribution in [2.75, 3.05) is 7.11 Å². The molecule has 3 nitrogen and oxygen atoms in total. The quantitative estimate of drug-likeness (QED) is 0.635. The zero-order valence-corrected chi connectivity index (χ0v) is 11.7. The van der Waals surface area contributed by atoms with Crippen LogP contribution in [0.2, 0.25) is 0 Å². The summed E-state index contributed by atoms with van der Waals surface area (Å²) in [5.74, 6) is 7.12. The van der Waals surface area contributed by atoms with E-state index < -0.39 is 0 Å². The summed E-state index contributed by atoms with van der Waals surface area (Å²) in [5, 5.41) is 0. The lowest BCUT2D eigenvalue weighted by atomic mass is 9.90. The van der Waals surface area contributed by atoms with Gasteiger partial charge in [0.25, 0.3) is 0 Å². The number of nitrogens with one attached hydrogen (secondary N) is 1. The van der Waals surface area contributed by atoms with Crippen LogP contribution < -0.4 is 16.0 Å². The molecule has 3 N–H and O–H groups in total. The Balaban J connectivity index is 2.18. The minimum absolute atomic E-state index is 0.109. The summed E-state index contributed by atoms with van der Waals surface area (Å²) in [7, 11) is 1.54. The highest BCUT2D eigenvalue weighted by molar-refractivity contribution is 5.31. The monoisotopic (exact) mass is 266 g/mol. The number of halogens is 1. The predicted octanol–water partition coefficient (Wildman–Crippen LogP) is 3.17. The van der Waals surface area contributed by atoms with Crippen LogP contribution in [0.1, 0.15) is 44.2 Å². The molecule has 0 amide bonds. The molecule has 106 valence electrons. The Kier molecular flexibility index (Phi) is 4.77. The fourth-order valence-electron chi connectivity index (χ4n) is 3.15. The molecule has 0 aromatic heterocycles. The van der Waals surface area contributed by atoms with E-state index in [1.807, 2.05) is 0 Å². The van der Waals surface area contributed by atoms with E-state index in [0.29, 0.717) is 17.2 Å². The fourth-order valence-corrected chi connectivity index (χ4v) is 3.15. The van der Waals surface area contributed by atoms with Gasteiger partial charge in [0.05, 0.1) is 13.2 Å². The van der Waals surface area contributed by atoms with Gasteiger partial charge in [0.2, 0.25) is 0 Å². The fraction of sp³-hybridized carbons (Fsp3) is 0.600. The molecular formula is C15H23FN2O. The average Bonchev–Trinajstić information content (AvgIpc) is 2.90. The number of hydrogen-bond acceptors (Lipinski definition) is 3. The van der Waals surface area contributed by atoms with Crippen molar-refractivity contribution in [2.24, 2.45) is 17.7 Å². The van der Waals surface area contributed by atoms with Crippen molar-refractivity contribution in [3.8, 4) is 5.75 Å². The first-order valence-corrected chi connectivity index (χ1v) is 6.99. The second-order valence-electron chi connectivity index (χ2n) is 5.38. The Morgan fingerprint density at radius 1 is 1.47 bits per heavy atom. The van der Waals surface area contributed by atoms with Crippen LogP contribution >= 0.6 is 0 Å². The summed E-state index contributed by atoms with van der Waals surface area (Å²) in [6, 6.07) is 4.88. The van der Waals surface area contributed by atoms with Gasteiger partial charge in [-0.15, -0.1) is 0 Å². The van der Waals surface area contributed by atoms with Crippen LogP contribution in [0, 0.1) is 17.7 Å². The predicted molar refractivity (Wildman–Crippen MR) is 74.1 cm³/mol. The molecule has 1 aliphatic carbocycles. The molecule has 1 aliphatic rings. The summed E-state index contributed by atoms with van der Waals surface area (Å²) in [6.45, 7) is 2.21. The van der Waals surface area contributed by atoms with Crippen molar-refractivity contribution in [2.45, 2.75) is 38.6 Å². The van der Waals surface area contributed by atoms with Crippen LogP contribution in [0.25, 0.3) is 0 Å². The lowest BCUT2D eigenvalue weighted by molar-refractivity contribution is 0.347. The van der Waals surface area contributed by atoms with E-state index in [-0.39, 0.29) is 11.9 Å². The van der Waals surface area contributed by atoms with Gasteiger partial charge in [-0.2, -0.15) is 0 Å². The van der Waals surface area contributed by atoms with Crippen molar-refractivity contribution >= 4 is 0 Å². The minimum atomic E-state index is -0.248. The van der Waals surface area contributed by atoms with Gasteiger partial charge in [-0.1, -0.05) is 25.8 Å². The third kappa shape index (κ3) is 3.07. The molecule has 0 bridgehead atoms. The van der Waals surface area contributed by atoms with E-state index in [1.165, 1.54) is 26.0 Å². The molecule has 0 spiro atoms. The maximum absolute atomic E-state index is 14.1. The highest BCUT2D eigenvalue weighted by Gasteiger charge is 2.31. The second kappa shape index (κ2) is 6.35. The summed E-state index contributed by atoms with van der Waals surface area (Å²) in [5.41, 5.74) is 3.45. The van der Waals surface area contributed by atoms with Gasteiger partial charge in [-0.05, 0) is 30.7 Å². The maximum Gasteiger partial charge on any atom is 0.131 e. The first kappa shape index (κ1) is 14.3. The third-order valence-electron chi connectivity index (χ3n) is 4.35. The second-order valence-corrected chi connectivity index (χ2v) is 5.38. The molecule has 1 saturated carbocycles. The smallest absolute Gasteiger partial charge is 0.131 e. The molecule has 1 aromatic carbocycles. The summed E-state index contributed by atoms with van der Waals surface area (Å²) >= 11 is 0. The number of methoxy groups -OCH3 is 1. The van der Waals surface area contributed by atoms with Crippen LogP contribution in [0.5, 0.6) is 5.75 Å². The standard InChI is InChI=1S/C15H23FN2O/c1-3-10-4-5-11(8-10)15(18-17)13-7-6-12(19-2)9-14(13)16/h6-7,9-11,15,18H,3-5,8,17H2,1-2H3. The number of hydrazine groups is 1. The molecule has 0 saturated heterocycles. The molecule has 3 unspecified atom stereocenters. The zero-order chi connectivity index (χ0) is 13.8. The number of benzene rings is 1. The maximum atomic E-state index is 14.1. The molecule has 3 atom stereocenters. The SMILES string of the molecule is CCC1CCC(C(NN)c2ccc(OC)cc2F)C1. The van der Waals surface area contributed by atoms with Crippen LogP contribution in [-0.4, -0.2) is 7.11 Å². The van der Waals surface area contributed by atoms with E-state index in [2.05, 4.69) is 12.3 Å². The summed E-state index contributed by atoms with van der Waals surface area (Å²) < 4.78 is 19.2. The van der Waals surface area contributed by atoms with E-state index in [9.17, 15) is 4.39 Å². The van der Waals surface area contributed by atoms with Crippen molar-refractivity contribution in [3.05, 3.63) is 29.6 Å². The van der Waals surface area contributed by atoms with Crippen LogP contribution in [-0.2, 0) is 0 Å². The molecule has 2 rings (SSSR count). The molecule has 0 aliphatic heterocycles. The molecule has 19 heavy (non-hydrogen) atoms. The van der Waals surface area contributed by atoms with E-state index in [4.69, 9.17) is 10.6 Å². The van der Waals surface area contributed by atoms with Gasteiger partial charge in [0.1, 0.15) is 11.6 Å². The third-order valence-corrected chi connectivity index (χ3v) is 4.35. The highest BCUT2D eigenvalue weighted by atomic mass is 19.1. The Bertz CT molecular complexity index is 425. The van der Waals surface area contributed by atoms with Gasteiger partial charge in [-0.25, -0.2) is 4.39 Å². The van der Waals surface area contributed by atoms with E-state index >= 15 is 0 Å². The van der Waals surface area contributed by atoms with E-state index in [1.54, 1.807) is 12.1 Å². The van der Waals surface area contributed by atoms with Crippen LogP contribution in [0.4, 0.5) is 4.39 Å². The van der Waals surface area contributed by atoms with Gasteiger partial charge >= 0.3 is 0 Å². The molecule has 4 heteroatoms. The minimum Gasteiger partial charge on any atom is -0.497 e. The summed E-state index contributed by atoms with van der Waals surface area (Å²) in [6.07, 6.45) is 4.64. The van der Waals surface area contributed by atoms with Gasteiger partial charge in [0, 0.05) is 11.6 Å². The molecule has 0 radical (unpaired) electrons. The normalized spacial score (nSPS) is 24.4. The topological polar surface area (TPSA) is 47.3 Å². The number of nitrogens with two attached hydrogens (primary N) is 1. The Hall–Kier alpha value is -1.13. The van der Waals surface area contributed by atoms with Crippen molar-refractivity contribution in [1.29, 1.82) is 0 Å². The zero-order valence-electron chi connectivity index (χ0n) is 11.7. The van der Waals surface area contributed by atoms with Crippen LogP contribution in [0.3, 0.4) is 0 Å². The largest absolute Gasteiger partial charge is 0.497 e. The first-order valence-electron chi connectivity index (χ1n) is 6.99. The van der Waals surface area contributed by atoms with Crippen molar-refractivity contribution in [3.63, 3.8) is 0 Å². The first-order chi connectivity index (χ1) is 9.19.